The summed E-state index contributed by atoms with van der Waals surface area (Å²) < 4.78 is 5.01. The molecule has 1 aliphatic heterocycles. The van der Waals surface area contributed by atoms with Gasteiger partial charge in [0.2, 0.25) is 0 Å². The summed E-state index contributed by atoms with van der Waals surface area (Å²) in [5.74, 6) is -0.260. The second-order valence-corrected chi connectivity index (χ2v) is 5.00. The second kappa shape index (κ2) is 5.25. The fourth-order valence-electron chi connectivity index (χ4n) is 1.26. The van der Waals surface area contributed by atoms with E-state index in [2.05, 4.69) is 5.32 Å². The van der Waals surface area contributed by atoms with Gasteiger partial charge in [0, 0.05) is 18.5 Å². The Kier molecular flexibility index (Phi) is 4.24. The number of ketones is 1. The summed E-state index contributed by atoms with van der Waals surface area (Å²) in [5.41, 5.74) is 0.00763. The number of esters is 1. The summed E-state index contributed by atoms with van der Waals surface area (Å²) in [7, 11) is 0. The Morgan fingerprint density at radius 2 is 2.12 bits per heavy atom. The topological polar surface area (TPSA) is 55.4 Å². The van der Waals surface area contributed by atoms with E-state index in [1.807, 2.05) is 0 Å². The largest absolute Gasteiger partial charge is 0.434 e. The van der Waals surface area contributed by atoms with E-state index in [9.17, 15) is 9.59 Å². The van der Waals surface area contributed by atoms with Gasteiger partial charge in [-0.3, -0.25) is 9.59 Å². The normalized spacial score (nSPS) is 20.7. The molecule has 1 saturated heterocycles. The fourth-order valence-corrected chi connectivity index (χ4v) is 1.26. The van der Waals surface area contributed by atoms with Crippen LogP contribution in [0, 0.1) is 5.41 Å². The molecule has 0 amide bonds. The first-order chi connectivity index (χ1) is 7.41. The molecule has 1 heterocycles. The van der Waals surface area contributed by atoms with Gasteiger partial charge in [0.15, 0.2) is 5.78 Å². The van der Waals surface area contributed by atoms with Crippen LogP contribution in [0.25, 0.3) is 0 Å². The van der Waals surface area contributed by atoms with E-state index < -0.39 is 5.41 Å². The maximum atomic E-state index is 11.6. The maximum Gasteiger partial charge on any atom is 0.316 e. The van der Waals surface area contributed by atoms with E-state index in [-0.39, 0.29) is 11.8 Å². The van der Waals surface area contributed by atoms with Crippen molar-refractivity contribution in [3.8, 4) is 0 Å². The van der Waals surface area contributed by atoms with Gasteiger partial charge in [-0.2, -0.15) is 0 Å². The zero-order chi connectivity index (χ0) is 12.2. The molecule has 0 saturated carbocycles. The minimum Gasteiger partial charge on any atom is -0.434 e. The fraction of sp³-hybridized carbons (Fsp3) is 0.667. The maximum absolute atomic E-state index is 11.6. The van der Waals surface area contributed by atoms with Crippen LogP contribution in [0.1, 0.15) is 33.6 Å². The molecule has 0 radical (unpaired) electrons. The third-order valence-electron chi connectivity index (χ3n) is 2.35. The van der Waals surface area contributed by atoms with Crippen molar-refractivity contribution < 1.29 is 14.3 Å². The van der Waals surface area contributed by atoms with Gasteiger partial charge < -0.3 is 10.1 Å². The number of hydrogen-bond donors (Lipinski definition) is 1. The third-order valence-corrected chi connectivity index (χ3v) is 2.35. The van der Waals surface area contributed by atoms with Crippen LogP contribution in [0.2, 0.25) is 0 Å². The van der Waals surface area contributed by atoms with E-state index >= 15 is 0 Å². The van der Waals surface area contributed by atoms with E-state index in [0.29, 0.717) is 18.5 Å². The Hall–Kier alpha value is -1.16. The van der Waals surface area contributed by atoms with E-state index in [0.717, 1.165) is 13.0 Å². The summed E-state index contributed by atoms with van der Waals surface area (Å²) in [4.78, 5) is 23.1. The van der Waals surface area contributed by atoms with Gasteiger partial charge in [-0.1, -0.05) is 0 Å². The van der Waals surface area contributed by atoms with Crippen LogP contribution in [-0.4, -0.2) is 24.8 Å². The van der Waals surface area contributed by atoms with Gasteiger partial charge >= 0.3 is 5.97 Å². The molecular formula is C12H19NO3. The zero-order valence-corrected chi connectivity index (χ0v) is 10.1. The molecule has 0 aliphatic carbocycles. The number of nitrogens with one attached hydrogen (secondary N) is 1. The standard InChI is InChI=1S/C12H19NO3/c1-12(2,3)11(15)16-8-9-7-13-6-4-5-10(9)14/h8,13H,4-7H2,1-3H3. The Labute approximate surface area is 96.0 Å². The van der Waals surface area contributed by atoms with Crippen LogP contribution < -0.4 is 5.32 Å². The smallest absolute Gasteiger partial charge is 0.316 e. The number of rotatable bonds is 1. The molecule has 0 aromatic heterocycles. The molecule has 4 heteroatoms. The lowest BCUT2D eigenvalue weighted by molar-refractivity contribution is -0.147. The molecule has 1 N–H and O–H groups in total. The number of hydrogen-bond acceptors (Lipinski definition) is 4. The van der Waals surface area contributed by atoms with Crippen molar-refractivity contribution in [3.05, 3.63) is 11.8 Å². The van der Waals surface area contributed by atoms with Crippen molar-refractivity contribution in [2.24, 2.45) is 5.41 Å². The molecule has 0 unspecified atom stereocenters. The van der Waals surface area contributed by atoms with Gasteiger partial charge in [0.25, 0.3) is 0 Å². The van der Waals surface area contributed by atoms with E-state index in [1.54, 1.807) is 20.8 Å². The number of ether oxygens (including phenoxy) is 1. The first-order valence-corrected chi connectivity index (χ1v) is 5.55. The van der Waals surface area contributed by atoms with Crippen molar-refractivity contribution in [2.45, 2.75) is 33.6 Å². The monoisotopic (exact) mass is 225 g/mol. The minimum absolute atomic E-state index is 0.0618. The van der Waals surface area contributed by atoms with Crippen molar-refractivity contribution in [2.75, 3.05) is 13.1 Å². The average Bonchev–Trinajstić information content (AvgIpc) is 2.38. The Morgan fingerprint density at radius 3 is 2.75 bits per heavy atom. The predicted molar refractivity (Wildman–Crippen MR) is 60.7 cm³/mol. The molecule has 0 atom stereocenters. The summed E-state index contributed by atoms with van der Waals surface area (Å²) in [6.07, 6.45) is 2.66. The molecule has 1 rings (SSSR count). The summed E-state index contributed by atoms with van der Waals surface area (Å²) in [5, 5.41) is 3.11. The van der Waals surface area contributed by atoms with Crippen molar-refractivity contribution >= 4 is 11.8 Å². The van der Waals surface area contributed by atoms with Crippen molar-refractivity contribution in [1.82, 2.24) is 5.32 Å². The molecule has 4 nitrogen and oxygen atoms in total. The molecule has 0 bridgehead atoms. The molecule has 1 fully saturated rings. The third kappa shape index (κ3) is 3.77. The van der Waals surface area contributed by atoms with Crippen LogP contribution in [0.4, 0.5) is 0 Å². The lowest BCUT2D eigenvalue weighted by Crippen LogP contribution is -2.22. The molecule has 0 aromatic rings. The van der Waals surface area contributed by atoms with Gasteiger partial charge in [-0.15, -0.1) is 0 Å². The van der Waals surface area contributed by atoms with Crippen LogP contribution in [0.15, 0.2) is 11.8 Å². The highest BCUT2D eigenvalue weighted by atomic mass is 16.5. The summed E-state index contributed by atoms with van der Waals surface area (Å²) in [6.45, 7) is 6.65. The first-order valence-electron chi connectivity index (χ1n) is 5.55. The number of Topliss-reactive ketones (excluding diaryl/α,β-unsaturated/α-hetero) is 1. The minimum atomic E-state index is -0.543. The predicted octanol–water partition coefficient (Wildman–Crippen LogP) is 1.41. The molecule has 0 spiro atoms. The average molecular weight is 225 g/mol. The first kappa shape index (κ1) is 12.9. The number of carbonyl (C=O) groups is 2. The SMILES string of the molecule is CC(C)(C)C(=O)OC=C1CNCCCC1=O. The van der Waals surface area contributed by atoms with Crippen molar-refractivity contribution in [1.29, 1.82) is 0 Å². The van der Waals surface area contributed by atoms with Crippen molar-refractivity contribution in [3.63, 3.8) is 0 Å². The molecule has 90 valence electrons. The summed E-state index contributed by atoms with van der Waals surface area (Å²) in [6, 6.07) is 0. The van der Waals surface area contributed by atoms with Crippen LogP contribution in [0.3, 0.4) is 0 Å². The van der Waals surface area contributed by atoms with E-state index in [4.69, 9.17) is 4.74 Å². The zero-order valence-electron chi connectivity index (χ0n) is 10.1. The van der Waals surface area contributed by atoms with Crippen LogP contribution >= 0.6 is 0 Å². The van der Waals surface area contributed by atoms with E-state index in [1.165, 1.54) is 6.26 Å². The van der Waals surface area contributed by atoms with Gasteiger partial charge in [0.1, 0.15) is 6.26 Å². The van der Waals surface area contributed by atoms with Gasteiger partial charge in [-0.05, 0) is 33.7 Å². The second-order valence-electron chi connectivity index (χ2n) is 5.00. The molecular weight excluding hydrogens is 206 g/mol. The van der Waals surface area contributed by atoms with Gasteiger partial charge in [0.05, 0.1) is 5.41 Å². The quantitative estimate of drug-likeness (QED) is 0.416. The van der Waals surface area contributed by atoms with Crippen LogP contribution in [-0.2, 0) is 14.3 Å². The highest BCUT2D eigenvalue weighted by Gasteiger charge is 2.23. The lowest BCUT2D eigenvalue weighted by atomic mass is 9.97. The molecule has 1 aliphatic rings. The van der Waals surface area contributed by atoms with Crippen LogP contribution in [0.5, 0.6) is 0 Å². The lowest BCUT2D eigenvalue weighted by Gasteiger charge is -2.14. The number of carbonyl (C=O) groups excluding carboxylic acids is 2. The summed E-state index contributed by atoms with van der Waals surface area (Å²) >= 11 is 0. The highest BCUT2D eigenvalue weighted by Crippen LogP contribution is 2.16. The highest BCUT2D eigenvalue weighted by molar-refractivity contribution is 5.96. The Balaban J connectivity index is 2.62. The Morgan fingerprint density at radius 1 is 1.44 bits per heavy atom. The molecule has 0 aromatic carbocycles. The Bertz CT molecular complexity index is 313. The molecule has 16 heavy (non-hydrogen) atoms. The van der Waals surface area contributed by atoms with Gasteiger partial charge in [-0.25, -0.2) is 0 Å².